The van der Waals surface area contributed by atoms with Gasteiger partial charge in [0.2, 0.25) is 0 Å². The molecule has 0 spiro atoms. The maximum Gasteiger partial charge on any atom is 1.00 e. The smallest absolute Gasteiger partial charge is 0.550 e. The summed E-state index contributed by atoms with van der Waals surface area (Å²) in [7, 11) is 1.63. The predicted octanol–water partition coefficient (Wildman–Crippen LogP) is -1.90. The second-order valence-electron chi connectivity index (χ2n) is 3.98. The van der Waals surface area contributed by atoms with E-state index in [1.807, 2.05) is 35.8 Å². The van der Waals surface area contributed by atoms with E-state index < -0.39 is 5.97 Å². The number of ether oxygens (including phenoxy) is 1. The molecule has 5 heteroatoms. The van der Waals surface area contributed by atoms with Gasteiger partial charge < -0.3 is 19.2 Å². The van der Waals surface area contributed by atoms with E-state index in [4.69, 9.17) is 4.74 Å². The number of aliphatic carboxylic acids is 1. The van der Waals surface area contributed by atoms with E-state index in [1.165, 1.54) is 0 Å². The molecule has 90 valence electrons. The number of fused-ring (bicyclic) bond motifs is 1. The van der Waals surface area contributed by atoms with Crippen LogP contribution in [0.5, 0.6) is 5.75 Å². The van der Waals surface area contributed by atoms with Crippen LogP contribution in [0.2, 0.25) is 0 Å². The van der Waals surface area contributed by atoms with Crippen LogP contribution in [0.25, 0.3) is 10.9 Å². The number of carboxylic acids is 1. The Morgan fingerprint density at radius 1 is 1.39 bits per heavy atom. The van der Waals surface area contributed by atoms with E-state index in [1.54, 1.807) is 7.11 Å². The first-order chi connectivity index (χ1) is 8.11. The van der Waals surface area contributed by atoms with Gasteiger partial charge in [-0.1, -0.05) is 0 Å². The average molecular weight is 255 g/mol. The molecule has 0 bridgehead atoms. The van der Waals surface area contributed by atoms with E-state index >= 15 is 0 Å². The van der Waals surface area contributed by atoms with Crippen LogP contribution in [0.1, 0.15) is 12.1 Å². The van der Waals surface area contributed by atoms with Crippen molar-refractivity contribution in [3.63, 3.8) is 0 Å². The molecule has 0 fully saturated rings. The first kappa shape index (κ1) is 15.1. The molecule has 18 heavy (non-hydrogen) atoms. The average Bonchev–Trinajstić information content (AvgIpc) is 2.60. The third-order valence-electron chi connectivity index (χ3n) is 2.86. The van der Waals surface area contributed by atoms with Gasteiger partial charge in [0, 0.05) is 35.5 Å². The summed E-state index contributed by atoms with van der Waals surface area (Å²) < 4.78 is 7.13. The van der Waals surface area contributed by atoms with Gasteiger partial charge in [-0.05, 0) is 31.2 Å². The summed E-state index contributed by atoms with van der Waals surface area (Å²) >= 11 is 0. The number of hydrogen-bond donors (Lipinski definition) is 0. The van der Waals surface area contributed by atoms with Crippen LogP contribution in [0.15, 0.2) is 24.3 Å². The zero-order valence-electron chi connectivity index (χ0n) is 10.9. The third-order valence-corrected chi connectivity index (χ3v) is 2.86. The van der Waals surface area contributed by atoms with Crippen LogP contribution in [-0.4, -0.2) is 17.6 Å². The molecule has 0 radical (unpaired) electrons. The van der Waals surface area contributed by atoms with Crippen LogP contribution in [0, 0.1) is 6.92 Å². The predicted molar refractivity (Wildman–Crippen MR) is 62.9 cm³/mol. The number of carbonyl (C=O) groups excluding carboxylic acids is 1. The van der Waals surface area contributed by atoms with Gasteiger partial charge in [0.05, 0.1) is 7.11 Å². The van der Waals surface area contributed by atoms with Crippen LogP contribution < -0.4 is 39.4 Å². The first-order valence-electron chi connectivity index (χ1n) is 5.45. The Labute approximate surface area is 128 Å². The maximum atomic E-state index is 10.5. The summed E-state index contributed by atoms with van der Waals surface area (Å²) in [5.74, 6) is -0.227. The number of aromatic nitrogens is 1. The molecule has 0 unspecified atom stereocenters. The van der Waals surface area contributed by atoms with E-state index in [0.29, 0.717) is 6.54 Å². The molecule has 0 N–H and O–H groups in total. The fourth-order valence-corrected chi connectivity index (χ4v) is 2.01. The number of hydrogen-bond acceptors (Lipinski definition) is 3. The van der Waals surface area contributed by atoms with Gasteiger partial charge in [-0.2, -0.15) is 0 Å². The molecule has 0 aliphatic heterocycles. The van der Waals surface area contributed by atoms with Crippen molar-refractivity contribution >= 4 is 16.9 Å². The molecule has 1 aromatic carbocycles. The monoisotopic (exact) mass is 255 g/mol. The standard InChI is InChI=1S/C13H15NO3.Na/c1-9-7-10-8-11(17-2)3-4-12(10)14(9)6-5-13(15)16;/h3-4,7-8H,5-6H2,1-2H3,(H,15,16);/q;+1/p-1. The summed E-state index contributed by atoms with van der Waals surface area (Å²) in [6, 6.07) is 7.78. The topological polar surface area (TPSA) is 54.3 Å². The Bertz CT molecular complexity index is 563. The second kappa shape index (κ2) is 6.27. The molecule has 1 heterocycles. The molecule has 2 aromatic rings. The van der Waals surface area contributed by atoms with Crippen LogP contribution in [0.4, 0.5) is 0 Å². The SMILES string of the molecule is COc1ccc2c(c1)cc(C)n2CCC(=O)[O-].[Na+]. The van der Waals surface area contributed by atoms with Gasteiger partial charge in [-0.15, -0.1) is 0 Å². The third kappa shape index (κ3) is 3.07. The van der Waals surface area contributed by atoms with Gasteiger partial charge in [0.1, 0.15) is 5.75 Å². The summed E-state index contributed by atoms with van der Waals surface area (Å²) in [6.45, 7) is 2.39. The number of aryl methyl sites for hydroxylation is 2. The number of nitrogens with zero attached hydrogens (tertiary/aromatic N) is 1. The second-order valence-corrected chi connectivity index (χ2v) is 3.98. The molecule has 0 saturated carbocycles. The van der Waals surface area contributed by atoms with E-state index in [0.717, 1.165) is 22.3 Å². The summed E-state index contributed by atoms with van der Waals surface area (Å²) in [4.78, 5) is 10.5. The molecule has 0 aliphatic carbocycles. The number of carbonyl (C=O) groups is 1. The van der Waals surface area contributed by atoms with E-state index in [-0.39, 0.29) is 36.0 Å². The Morgan fingerprint density at radius 2 is 2.11 bits per heavy atom. The van der Waals surface area contributed by atoms with Gasteiger partial charge in [0.25, 0.3) is 0 Å². The fraction of sp³-hybridized carbons (Fsp3) is 0.308. The van der Waals surface area contributed by atoms with Crippen molar-refractivity contribution in [1.82, 2.24) is 4.57 Å². The summed E-state index contributed by atoms with van der Waals surface area (Å²) in [5.41, 5.74) is 2.05. The fourth-order valence-electron chi connectivity index (χ4n) is 2.01. The summed E-state index contributed by atoms with van der Waals surface area (Å²) in [5, 5.41) is 11.6. The molecule has 0 amide bonds. The Hall–Kier alpha value is -0.970. The minimum Gasteiger partial charge on any atom is -0.550 e. The molecular formula is C13H14NNaO3. The van der Waals surface area contributed by atoms with Crippen LogP contribution in [-0.2, 0) is 11.3 Å². The Balaban J connectivity index is 0.00000162. The Kier molecular flexibility index (Phi) is 5.26. The largest absolute Gasteiger partial charge is 1.00 e. The van der Waals surface area contributed by atoms with E-state index in [9.17, 15) is 9.90 Å². The minimum atomic E-state index is -1.03. The van der Waals surface area contributed by atoms with Gasteiger partial charge >= 0.3 is 29.6 Å². The van der Waals surface area contributed by atoms with Crippen molar-refractivity contribution in [3.8, 4) is 5.75 Å². The normalized spacial score (nSPS) is 10.1. The number of benzene rings is 1. The molecule has 0 atom stereocenters. The zero-order chi connectivity index (χ0) is 12.4. The Morgan fingerprint density at radius 3 is 2.72 bits per heavy atom. The van der Waals surface area contributed by atoms with Crippen molar-refractivity contribution in [2.24, 2.45) is 0 Å². The first-order valence-corrected chi connectivity index (χ1v) is 5.45. The molecule has 1 aromatic heterocycles. The van der Waals surface area contributed by atoms with Crippen molar-refractivity contribution < 1.29 is 44.2 Å². The summed E-state index contributed by atoms with van der Waals surface area (Å²) in [6.07, 6.45) is 0.0245. The molecule has 0 saturated heterocycles. The van der Waals surface area contributed by atoms with E-state index in [2.05, 4.69) is 0 Å². The van der Waals surface area contributed by atoms with Crippen molar-refractivity contribution in [2.75, 3.05) is 7.11 Å². The molecule has 2 rings (SSSR count). The molecule has 4 nitrogen and oxygen atoms in total. The maximum absolute atomic E-state index is 10.5. The quantitative estimate of drug-likeness (QED) is 0.600. The minimum absolute atomic E-state index is 0. The van der Waals surface area contributed by atoms with Gasteiger partial charge in [-0.3, -0.25) is 0 Å². The van der Waals surface area contributed by atoms with Gasteiger partial charge in [-0.25, -0.2) is 0 Å². The molecule has 0 aliphatic rings. The van der Waals surface area contributed by atoms with Gasteiger partial charge in [0.15, 0.2) is 0 Å². The van der Waals surface area contributed by atoms with Crippen molar-refractivity contribution in [3.05, 3.63) is 30.0 Å². The van der Waals surface area contributed by atoms with Crippen molar-refractivity contribution in [1.29, 1.82) is 0 Å². The number of rotatable bonds is 4. The molecular weight excluding hydrogens is 241 g/mol. The van der Waals surface area contributed by atoms with Crippen molar-refractivity contribution in [2.45, 2.75) is 19.9 Å². The number of carboxylic acid groups (broad SMARTS) is 1. The van der Waals surface area contributed by atoms with Crippen LogP contribution >= 0.6 is 0 Å². The number of methoxy groups -OCH3 is 1. The zero-order valence-corrected chi connectivity index (χ0v) is 12.9. The van der Waals surface area contributed by atoms with Crippen LogP contribution in [0.3, 0.4) is 0 Å².